The maximum atomic E-state index is 11.7. The molecule has 0 radical (unpaired) electrons. The van der Waals surface area contributed by atoms with Crippen molar-refractivity contribution in [2.45, 2.75) is 38.3 Å². The van der Waals surface area contributed by atoms with Crippen LogP contribution in [0.25, 0.3) is 6.08 Å². The number of hydrogen-bond acceptors (Lipinski definition) is 2. The lowest BCUT2D eigenvalue weighted by atomic mass is 10.0. The second kappa shape index (κ2) is 6.53. The van der Waals surface area contributed by atoms with Crippen molar-refractivity contribution in [3.05, 3.63) is 41.5 Å². The van der Waals surface area contributed by atoms with Crippen molar-refractivity contribution in [2.75, 3.05) is 13.1 Å². The largest absolute Gasteiger partial charge is 0.465 e. The van der Waals surface area contributed by atoms with Gasteiger partial charge in [0.05, 0.1) is 0 Å². The second-order valence-corrected chi connectivity index (χ2v) is 6.38. The Hall–Kier alpha value is -1.81. The number of carboxylic acid groups (broad SMARTS) is 1. The number of amides is 1. The molecule has 1 aliphatic heterocycles. The Balaban J connectivity index is 1.68. The minimum absolute atomic E-state index is 0.167. The number of piperidine rings is 1. The molecule has 4 nitrogen and oxygen atoms in total. The third kappa shape index (κ3) is 3.33. The van der Waals surface area contributed by atoms with Crippen LogP contribution in [0.4, 0.5) is 4.79 Å². The average Bonchev–Trinajstić information content (AvgIpc) is 3.29. The summed E-state index contributed by atoms with van der Waals surface area (Å²) in [6.45, 7) is 3.97. The Bertz CT molecular complexity index is 549. The Kier molecular flexibility index (Phi) is 4.48. The van der Waals surface area contributed by atoms with Crippen LogP contribution >= 0.6 is 0 Å². The summed E-state index contributed by atoms with van der Waals surface area (Å²) in [5.41, 5.74) is 2.48. The Labute approximate surface area is 131 Å². The fourth-order valence-corrected chi connectivity index (χ4v) is 3.55. The van der Waals surface area contributed by atoms with Crippen LogP contribution in [-0.4, -0.2) is 41.3 Å². The van der Waals surface area contributed by atoms with E-state index in [4.69, 9.17) is 0 Å². The van der Waals surface area contributed by atoms with Gasteiger partial charge in [-0.3, -0.25) is 0 Å². The van der Waals surface area contributed by atoms with Crippen molar-refractivity contribution in [1.82, 2.24) is 10.2 Å². The fraction of sp³-hybridized carbons (Fsp3) is 0.500. The fourth-order valence-electron chi connectivity index (χ4n) is 3.55. The zero-order valence-electron chi connectivity index (χ0n) is 13.0. The van der Waals surface area contributed by atoms with Crippen LogP contribution < -0.4 is 5.32 Å². The van der Waals surface area contributed by atoms with E-state index in [1.807, 2.05) is 18.2 Å². The van der Waals surface area contributed by atoms with Gasteiger partial charge in [0.25, 0.3) is 0 Å². The topological polar surface area (TPSA) is 52.6 Å². The molecular formula is C18H24N2O2. The number of nitrogens with zero attached hydrogens (tertiary/aromatic N) is 1. The second-order valence-electron chi connectivity index (χ2n) is 6.38. The summed E-state index contributed by atoms with van der Waals surface area (Å²) >= 11 is 0. The van der Waals surface area contributed by atoms with Gasteiger partial charge >= 0.3 is 6.09 Å². The van der Waals surface area contributed by atoms with E-state index >= 15 is 0 Å². The predicted molar refractivity (Wildman–Crippen MR) is 87.7 cm³/mol. The predicted octanol–water partition coefficient (Wildman–Crippen LogP) is 3.21. The first kappa shape index (κ1) is 15.1. The summed E-state index contributed by atoms with van der Waals surface area (Å²) in [6, 6.07) is 10.6. The molecule has 22 heavy (non-hydrogen) atoms. The molecule has 1 aromatic rings. The quantitative estimate of drug-likeness (QED) is 0.897. The molecule has 0 bridgehead atoms. The number of carbonyl (C=O) groups is 1. The molecule has 1 heterocycles. The first-order valence-corrected chi connectivity index (χ1v) is 8.12. The Morgan fingerprint density at radius 2 is 1.95 bits per heavy atom. The van der Waals surface area contributed by atoms with Crippen molar-refractivity contribution in [3.8, 4) is 0 Å². The minimum Gasteiger partial charge on any atom is -0.465 e. The molecule has 2 aliphatic rings. The van der Waals surface area contributed by atoms with Gasteiger partial charge in [-0.15, -0.1) is 0 Å². The summed E-state index contributed by atoms with van der Waals surface area (Å²) in [5, 5.41) is 12.9. The summed E-state index contributed by atoms with van der Waals surface area (Å²) in [7, 11) is 0. The van der Waals surface area contributed by atoms with Crippen molar-refractivity contribution in [2.24, 2.45) is 5.92 Å². The zero-order valence-corrected chi connectivity index (χ0v) is 13.0. The molecule has 1 saturated carbocycles. The lowest BCUT2D eigenvalue weighted by Crippen LogP contribution is -2.47. The smallest absolute Gasteiger partial charge is 0.407 e. The monoisotopic (exact) mass is 300 g/mol. The highest BCUT2D eigenvalue weighted by Gasteiger charge is 2.47. The average molecular weight is 300 g/mol. The standard InChI is InChI=1S/C18H24N2O2/c1-13(11-14-5-3-2-4-6-14)16-12-17(16)20(18(21)22)15-7-9-19-10-8-15/h2-6,11,15-17,19H,7-10,12H2,1H3,(H,21,22)/b13-11+. The molecule has 2 N–H and O–H groups in total. The van der Waals surface area contributed by atoms with Crippen molar-refractivity contribution < 1.29 is 9.90 Å². The van der Waals surface area contributed by atoms with Crippen molar-refractivity contribution >= 4 is 12.2 Å². The number of nitrogens with one attached hydrogen (secondary N) is 1. The van der Waals surface area contributed by atoms with Crippen LogP contribution in [-0.2, 0) is 0 Å². The molecule has 2 unspecified atom stereocenters. The van der Waals surface area contributed by atoms with Gasteiger partial charge in [0.1, 0.15) is 0 Å². The van der Waals surface area contributed by atoms with Crippen molar-refractivity contribution in [3.63, 3.8) is 0 Å². The van der Waals surface area contributed by atoms with Gasteiger partial charge in [-0.1, -0.05) is 42.0 Å². The van der Waals surface area contributed by atoms with Gasteiger partial charge in [-0.2, -0.15) is 0 Å². The minimum atomic E-state index is -0.757. The van der Waals surface area contributed by atoms with Gasteiger partial charge in [0.15, 0.2) is 0 Å². The zero-order chi connectivity index (χ0) is 15.5. The van der Waals surface area contributed by atoms with Gasteiger partial charge < -0.3 is 15.3 Å². The molecule has 1 aromatic carbocycles. The van der Waals surface area contributed by atoms with Crippen LogP contribution in [0.1, 0.15) is 31.7 Å². The third-order valence-corrected chi connectivity index (χ3v) is 4.82. The summed E-state index contributed by atoms with van der Waals surface area (Å²) in [5.74, 6) is 0.381. The lowest BCUT2D eigenvalue weighted by Gasteiger charge is -2.33. The van der Waals surface area contributed by atoms with E-state index in [0.717, 1.165) is 32.4 Å². The molecular weight excluding hydrogens is 276 g/mol. The van der Waals surface area contributed by atoms with Crippen LogP contribution in [0, 0.1) is 5.92 Å². The molecule has 0 aromatic heterocycles. The first-order chi connectivity index (χ1) is 10.7. The Morgan fingerprint density at radius 1 is 1.27 bits per heavy atom. The van der Waals surface area contributed by atoms with Gasteiger partial charge in [-0.25, -0.2) is 4.79 Å². The van der Waals surface area contributed by atoms with E-state index in [9.17, 15) is 9.90 Å². The number of rotatable bonds is 4. The van der Waals surface area contributed by atoms with E-state index in [1.165, 1.54) is 11.1 Å². The van der Waals surface area contributed by atoms with Crippen LogP contribution in [0.5, 0.6) is 0 Å². The highest BCUT2D eigenvalue weighted by atomic mass is 16.4. The van der Waals surface area contributed by atoms with E-state index in [0.29, 0.717) is 5.92 Å². The normalized spacial score (nSPS) is 25.8. The van der Waals surface area contributed by atoms with E-state index in [2.05, 4.69) is 30.4 Å². The molecule has 2 atom stereocenters. The molecule has 1 aliphatic carbocycles. The highest BCUT2D eigenvalue weighted by Crippen LogP contribution is 2.43. The molecule has 1 saturated heterocycles. The third-order valence-electron chi connectivity index (χ3n) is 4.82. The van der Waals surface area contributed by atoms with Crippen LogP contribution in [0.15, 0.2) is 35.9 Å². The lowest BCUT2D eigenvalue weighted by molar-refractivity contribution is 0.107. The summed E-state index contributed by atoms with van der Waals surface area (Å²) in [6.07, 6.45) is 4.25. The highest BCUT2D eigenvalue weighted by molar-refractivity contribution is 5.67. The molecule has 2 fully saturated rings. The molecule has 0 spiro atoms. The molecule has 1 amide bonds. The summed E-state index contributed by atoms with van der Waals surface area (Å²) < 4.78 is 0. The maximum Gasteiger partial charge on any atom is 0.407 e. The molecule has 118 valence electrons. The number of benzene rings is 1. The molecule has 4 heteroatoms. The summed E-state index contributed by atoms with van der Waals surface area (Å²) in [4.78, 5) is 13.4. The van der Waals surface area contributed by atoms with E-state index in [1.54, 1.807) is 4.90 Å². The van der Waals surface area contributed by atoms with Crippen LogP contribution in [0.2, 0.25) is 0 Å². The van der Waals surface area contributed by atoms with Gasteiger partial charge in [-0.05, 0) is 44.8 Å². The maximum absolute atomic E-state index is 11.7. The van der Waals surface area contributed by atoms with Gasteiger partial charge in [0.2, 0.25) is 0 Å². The molecule has 3 rings (SSSR count). The van der Waals surface area contributed by atoms with Gasteiger partial charge in [0, 0.05) is 18.0 Å². The van der Waals surface area contributed by atoms with Crippen LogP contribution in [0.3, 0.4) is 0 Å². The SMILES string of the molecule is C/C(=C\c1ccccc1)C1CC1N(C(=O)O)C1CCNCC1. The van der Waals surface area contributed by atoms with E-state index < -0.39 is 6.09 Å². The Morgan fingerprint density at radius 3 is 2.59 bits per heavy atom. The van der Waals surface area contributed by atoms with Crippen molar-refractivity contribution in [1.29, 1.82) is 0 Å². The first-order valence-electron chi connectivity index (χ1n) is 8.12. The van der Waals surface area contributed by atoms with E-state index in [-0.39, 0.29) is 12.1 Å². The number of hydrogen-bond donors (Lipinski definition) is 2.